The quantitative estimate of drug-likeness (QED) is 0.799. The molecule has 3 rings (SSSR count). The average molecular weight is 354 g/mol. The summed E-state index contributed by atoms with van der Waals surface area (Å²) < 4.78 is 11.0. The van der Waals surface area contributed by atoms with Crippen molar-refractivity contribution in [2.24, 2.45) is 0 Å². The first-order valence-corrected chi connectivity index (χ1v) is 8.97. The third-order valence-electron chi connectivity index (χ3n) is 4.86. The van der Waals surface area contributed by atoms with Crippen LogP contribution in [-0.2, 0) is 16.1 Å². The highest BCUT2D eigenvalue weighted by Crippen LogP contribution is 2.28. The van der Waals surface area contributed by atoms with Gasteiger partial charge in [-0.1, -0.05) is 30.3 Å². The zero-order valence-corrected chi connectivity index (χ0v) is 15.6. The van der Waals surface area contributed by atoms with Crippen molar-refractivity contribution < 1.29 is 14.3 Å². The molecular weight excluding hydrogens is 328 g/mol. The van der Waals surface area contributed by atoms with Crippen LogP contribution in [0.4, 0.5) is 5.69 Å². The van der Waals surface area contributed by atoms with Crippen molar-refractivity contribution in [3.05, 3.63) is 59.2 Å². The molecule has 1 N–H and O–H groups in total. The van der Waals surface area contributed by atoms with E-state index in [0.717, 1.165) is 47.5 Å². The first kappa shape index (κ1) is 18.3. The van der Waals surface area contributed by atoms with Crippen molar-refractivity contribution in [3.63, 3.8) is 0 Å². The van der Waals surface area contributed by atoms with Crippen molar-refractivity contribution in [1.29, 1.82) is 0 Å². The lowest BCUT2D eigenvalue weighted by Crippen LogP contribution is -2.41. The molecular formula is C21H26N2O3. The van der Waals surface area contributed by atoms with Gasteiger partial charge in [0, 0.05) is 12.6 Å². The Balaban J connectivity index is 1.64. The molecule has 0 radical (unpaired) electrons. The van der Waals surface area contributed by atoms with E-state index < -0.39 is 0 Å². The van der Waals surface area contributed by atoms with Crippen LogP contribution in [0.25, 0.3) is 0 Å². The third-order valence-corrected chi connectivity index (χ3v) is 4.86. The summed E-state index contributed by atoms with van der Waals surface area (Å²) in [6.45, 7) is 5.21. The first-order chi connectivity index (χ1) is 12.6. The molecule has 138 valence electrons. The van der Waals surface area contributed by atoms with Crippen molar-refractivity contribution >= 4 is 11.7 Å². The smallest absolute Gasteiger partial charge is 0.325 e. The number of carbonyl (C=O) groups excluding carboxylic acids is 1. The highest BCUT2D eigenvalue weighted by atomic mass is 16.5. The number of methoxy groups -OCH3 is 1. The van der Waals surface area contributed by atoms with Crippen LogP contribution in [0.1, 0.15) is 29.5 Å². The van der Waals surface area contributed by atoms with Gasteiger partial charge in [-0.05, 0) is 49.4 Å². The second-order valence-electron chi connectivity index (χ2n) is 6.68. The van der Waals surface area contributed by atoms with Gasteiger partial charge in [0.1, 0.15) is 18.4 Å². The normalized spacial score (nSPS) is 17.1. The summed E-state index contributed by atoms with van der Waals surface area (Å²) in [4.78, 5) is 12.5. The number of esters is 1. The lowest BCUT2D eigenvalue weighted by atomic mass is 10.1. The van der Waals surface area contributed by atoms with Crippen molar-refractivity contribution in [2.75, 3.05) is 19.1 Å². The summed E-state index contributed by atoms with van der Waals surface area (Å²) in [7, 11) is 1.67. The molecule has 2 aromatic rings. The molecule has 1 fully saturated rings. The molecule has 0 spiro atoms. The van der Waals surface area contributed by atoms with E-state index in [9.17, 15) is 4.79 Å². The number of nitrogens with zero attached hydrogens (tertiary/aromatic N) is 1. The fourth-order valence-electron chi connectivity index (χ4n) is 3.24. The molecule has 0 aromatic heterocycles. The van der Waals surface area contributed by atoms with Crippen LogP contribution >= 0.6 is 0 Å². The predicted octanol–water partition coefficient (Wildman–Crippen LogP) is 3.85. The SMILES string of the molecule is COc1cc(NN2CCCC2C(=O)OCc2ccccc2)cc(C)c1C. The Hall–Kier alpha value is -2.53. The zero-order valence-electron chi connectivity index (χ0n) is 15.6. The number of carbonyl (C=O) groups is 1. The number of hydrogen-bond acceptors (Lipinski definition) is 5. The molecule has 1 atom stereocenters. The van der Waals surface area contributed by atoms with Crippen LogP contribution in [0.3, 0.4) is 0 Å². The van der Waals surface area contributed by atoms with E-state index >= 15 is 0 Å². The van der Waals surface area contributed by atoms with Crippen molar-refractivity contribution in [2.45, 2.75) is 39.3 Å². The number of ether oxygens (including phenoxy) is 2. The standard InChI is InChI=1S/C21H26N2O3/c1-15-12-18(13-20(25-3)16(15)2)22-23-11-7-10-19(23)21(24)26-14-17-8-5-4-6-9-17/h4-6,8-9,12-13,19,22H,7,10-11,14H2,1-3H3. The van der Waals surface area contributed by atoms with E-state index in [1.54, 1.807) is 7.11 Å². The number of anilines is 1. The highest BCUT2D eigenvalue weighted by Gasteiger charge is 2.32. The maximum absolute atomic E-state index is 12.5. The van der Waals surface area contributed by atoms with E-state index in [-0.39, 0.29) is 12.0 Å². The topological polar surface area (TPSA) is 50.8 Å². The van der Waals surface area contributed by atoms with Crippen LogP contribution in [0, 0.1) is 13.8 Å². The van der Waals surface area contributed by atoms with Gasteiger partial charge in [0.25, 0.3) is 0 Å². The number of hydrogen-bond donors (Lipinski definition) is 1. The minimum absolute atomic E-state index is 0.186. The van der Waals surface area contributed by atoms with E-state index in [2.05, 4.69) is 18.4 Å². The number of rotatable bonds is 6. The molecule has 0 bridgehead atoms. The van der Waals surface area contributed by atoms with Crippen LogP contribution in [0.5, 0.6) is 5.75 Å². The summed E-state index contributed by atoms with van der Waals surface area (Å²) in [5.41, 5.74) is 7.56. The Morgan fingerprint density at radius 1 is 1.23 bits per heavy atom. The van der Waals surface area contributed by atoms with Crippen LogP contribution in [-0.4, -0.2) is 30.7 Å². The number of hydrazine groups is 1. The van der Waals surface area contributed by atoms with Crippen molar-refractivity contribution in [3.8, 4) is 5.75 Å². The van der Waals surface area contributed by atoms with Crippen LogP contribution < -0.4 is 10.2 Å². The molecule has 1 heterocycles. The van der Waals surface area contributed by atoms with Crippen molar-refractivity contribution in [1.82, 2.24) is 5.01 Å². The molecule has 1 aliphatic heterocycles. The largest absolute Gasteiger partial charge is 0.496 e. The van der Waals surface area contributed by atoms with Crippen LogP contribution in [0.2, 0.25) is 0 Å². The molecule has 5 heteroatoms. The van der Waals surface area contributed by atoms with Gasteiger partial charge in [-0.3, -0.25) is 4.79 Å². The monoisotopic (exact) mass is 354 g/mol. The molecule has 26 heavy (non-hydrogen) atoms. The Morgan fingerprint density at radius 2 is 2.00 bits per heavy atom. The third kappa shape index (κ3) is 4.17. The fourth-order valence-corrected chi connectivity index (χ4v) is 3.24. The maximum atomic E-state index is 12.5. The van der Waals surface area contributed by atoms with Gasteiger partial charge in [0.15, 0.2) is 0 Å². The number of aryl methyl sites for hydroxylation is 1. The Kier molecular flexibility index (Phi) is 5.78. The lowest BCUT2D eigenvalue weighted by molar-refractivity contribution is -0.149. The van der Waals surface area contributed by atoms with Gasteiger partial charge in [-0.2, -0.15) is 0 Å². The van der Waals surface area contributed by atoms with Gasteiger partial charge < -0.3 is 14.9 Å². The van der Waals surface area contributed by atoms with E-state index in [1.807, 2.05) is 48.3 Å². The second-order valence-corrected chi connectivity index (χ2v) is 6.68. The molecule has 2 aromatic carbocycles. The molecule has 1 aliphatic rings. The summed E-state index contributed by atoms with van der Waals surface area (Å²) in [6, 6.07) is 13.5. The second kappa shape index (κ2) is 8.23. The molecule has 5 nitrogen and oxygen atoms in total. The van der Waals surface area contributed by atoms with Gasteiger partial charge in [0.05, 0.1) is 12.8 Å². The number of nitrogens with one attached hydrogen (secondary N) is 1. The van der Waals surface area contributed by atoms with E-state index in [4.69, 9.17) is 9.47 Å². The maximum Gasteiger partial charge on any atom is 0.325 e. The fraction of sp³-hybridized carbons (Fsp3) is 0.381. The molecule has 1 unspecified atom stereocenters. The molecule has 0 aliphatic carbocycles. The van der Waals surface area contributed by atoms with Crippen LogP contribution in [0.15, 0.2) is 42.5 Å². The predicted molar refractivity (Wildman–Crippen MR) is 102 cm³/mol. The molecule has 1 saturated heterocycles. The first-order valence-electron chi connectivity index (χ1n) is 8.97. The van der Waals surface area contributed by atoms with E-state index in [0.29, 0.717) is 6.61 Å². The Labute approximate surface area is 154 Å². The summed E-state index contributed by atoms with van der Waals surface area (Å²) >= 11 is 0. The van der Waals surface area contributed by atoms with Gasteiger partial charge in [-0.15, -0.1) is 0 Å². The molecule has 0 saturated carbocycles. The Morgan fingerprint density at radius 3 is 2.73 bits per heavy atom. The minimum Gasteiger partial charge on any atom is -0.496 e. The van der Waals surface area contributed by atoms with Gasteiger partial charge in [0.2, 0.25) is 0 Å². The Bertz CT molecular complexity index is 761. The van der Waals surface area contributed by atoms with Gasteiger partial charge in [-0.25, -0.2) is 5.01 Å². The average Bonchev–Trinajstić information content (AvgIpc) is 3.11. The van der Waals surface area contributed by atoms with E-state index in [1.165, 1.54) is 0 Å². The summed E-state index contributed by atoms with van der Waals surface area (Å²) in [5, 5.41) is 1.97. The number of benzene rings is 2. The zero-order chi connectivity index (χ0) is 18.5. The van der Waals surface area contributed by atoms with Gasteiger partial charge >= 0.3 is 5.97 Å². The summed E-state index contributed by atoms with van der Waals surface area (Å²) in [6.07, 6.45) is 1.75. The lowest BCUT2D eigenvalue weighted by Gasteiger charge is -2.25. The minimum atomic E-state index is -0.272. The highest BCUT2D eigenvalue weighted by molar-refractivity contribution is 5.76. The summed E-state index contributed by atoms with van der Waals surface area (Å²) in [5.74, 6) is 0.657. The molecule has 0 amide bonds.